The highest BCUT2D eigenvalue weighted by Gasteiger charge is 2.16. The van der Waals surface area contributed by atoms with Gasteiger partial charge in [0.15, 0.2) is 0 Å². The lowest BCUT2D eigenvalue weighted by Crippen LogP contribution is -2.27. The van der Waals surface area contributed by atoms with Gasteiger partial charge in [-0.1, -0.05) is 41.9 Å². The quantitative estimate of drug-likeness (QED) is 0.861. The van der Waals surface area contributed by atoms with Gasteiger partial charge >= 0.3 is 6.09 Å². The Kier molecular flexibility index (Phi) is 4.81. The van der Waals surface area contributed by atoms with Crippen LogP contribution in [-0.2, 0) is 11.3 Å². The Bertz CT molecular complexity index is 680. The third-order valence-electron chi connectivity index (χ3n) is 2.92. The molecule has 0 spiro atoms. The van der Waals surface area contributed by atoms with E-state index in [4.69, 9.17) is 21.6 Å². The largest absolute Gasteiger partial charge is 0.444 e. The molecule has 0 atom stereocenters. The van der Waals surface area contributed by atoms with E-state index < -0.39 is 6.09 Å². The van der Waals surface area contributed by atoms with E-state index in [0.29, 0.717) is 16.3 Å². The zero-order chi connectivity index (χ0) is 15.2. The van der Waals surface area contributed by atoms with E-state index in [-0.39, 0.29) is 6.61 Å². The molecule has 2 aromatic carbocycles. The van der Waals surface area contributed by atoms with Crippen LogP contribution in [0, 0.1) is 11.3 Å². The number of halogens is 1. The standard InChI is InChI=1S/C16H13ClN2O2/c1-19(15-9-14(17)8-7-13(15)10-18)16(20)21-11-12-5-3-2-4-6-12/h2-9H,11H2,1H3. The third kappa shape index (κ3) is 3.74. The second-order valence-corrected chi connectivity index (χ2v) is 4.81. The average Bonchev–Trinajstić information content (AvgIpc) is 2.52. The number of ether oxygens (including phenoxy) is 1. The van der Waals surface area contributed by atoms with Gasteiger partial charge < -0.3 is 4.74 Å². The van der Waals surface area contributed by atoms with Crippen molar-refractivity contribution < 1.29 is 9.53 Å². The molecule has 0 heterocycles. The summed E-state index contributed by atoms with van der Waals surface area (Å²) in [4.78, 5) is 13.3. The maximum absolute atomic E-state index is 12.0. The van der Waals surface area contributed by atoms with Crippen LogP contribution in [0.15, 0.2) is 48.5 Å². The maximum Gasteiger partial charge on any atom is 0.414 e. The number of hydrogen-bond donors (Lipinski definition) is 0. The van der Waals surface area contributed by atoms with Gasteiger partial charge in [0.2, 0.25) is 0 Å². The first-order valence-corrected chi connectivity index (χ1v) is 6.63. The van der Waals surface area contributed by atoms with Crippen LogP contribution in [0.1, 0.15) is 11.1 Å². The summed E-state index contributed by atoms with van der Waals surface area (Å²) in [6, 6.07) is 16.1. The SMILES string of the molecule is CN(C(=O)OCc1ccccc1)c1cc(Cl)ccc1C#N. The van der Waals surface area contributed by atoms with Crippen molar-refractivity contribution in [2.75, 3.05) is 11.9 Å². The van der Waals surface area contributed by atoms with E-state index in [1.165, 1.54) is 4.90 Å². The van der Waals surface area contributed by atoms with E-state index in [1.54, 1.807) is 25.2 Å². The Labute approximate surface area is 128 Å². The fraction of sp³-hybridized carbons (Fsp3) is 0.125. The maximum atomic E-state index is 12.0. The van der Waals surface area contributed by atoms with Gasteiger partial charge in [0.05, 0.1) is 11.3 Å². The molecule has 4 nitrogen and oxygen atoms in total. The van der Waals surface area contributed by atoms with E-state index in [0.717, 1.165) is 5.56 Å². The Balaban J connectivity index is 2.09. The van der Waals surface area contributed by atoms with E-state index >= 15 is 0 Å². The van der Waals surface area contributed by atoms with E-state index in [2.05, 4.69) is 0 Å². The van der Waals surface area contributed by atoms with Crippen molar-refractivity contribution in [3.8, 4) is 6.07 Å². The molecular weight excluding hydrogens is 288 g/mol. The van der Waals surface area contributed by atoms with Crippen LogP contribution in [0.3, 0.4) is 0 Å². The van der Waals surface area contributed by atoms with Crippen molar-refractivity contribution >= 4 is 23.4 Å². The van der Waals surface area contributed by atoms with Crippen molar-refractivity contribution in [2.24, 2.45) is 0 Å². The van der Waals surface area contributed by atoms with Crippen molar-refractivity contribution in [2.45, 2.75) is 6.61 Å². The Morgan fingerprint density at radius 2 is 2.00 bits per heavy atom. The number of rotatable bonds is 3. The van der Waals surface area contributed by atoms with E-state index in [1.807, 2.05) is 36.4 Å². The van der Waals surface area contributed by atoms with Crippen LogP contribution >= 0.6 is 11.6 Å². The minimum atomic E-state index is -0.544. The summed E-state index contributed by atoms with van der Waals surface area (Å²) in [5.41, 5.74) is 1.67. The summed E-state index contributed by atoms with van der Waals surface area (Å²) in [6.45, 7) is 0.173. The molecule has 0 aromatic heterocycles. The summed E-state index contributed by atoms with van der Waals surface area (Å²) >= 11 is 5.91. The molecular formula is C16H13ClN2O2. The monoisotopic (exact) mass is 300 g/mol. The smallest absolute Gasteiger partial charge is 0.414 e. The predicted molar refractivity (Wildman–Crippen MR) is 81.2 cm³/mol. The Hall–Kier alpha value is -2.51. The highest BCUT2D eigenvalue weighted by molar-refractivity contribution is 6.31. The molecule has 0 N–H and O–H groups in total. The molecule has 0 aliphatic carbocycles. The van der Waals surface area contributed by atoms with Gasteiger partial charge in [0.1, 0.15) is 12.7 Å². The first kappa shape index (κ1) is 14.9. The topological polar surface area (TPSA) is 53.3 Å². The highest BCUT2D eigenvalue weighted by Crippen LogP contribution is 2.24. The molecule has 0 aliphatic rings. The van der Waals surface area contributed by atoms with Gasteiger partial charge in [-0.25, -0.2) is 4.79 Å². The molecule has 5 heteroatoms. The second kappa shape index (κ2) is 6.78. The molecule has 0 radical (unpaired) electrons. The highest BCUT2D eigenvalue weighted by atomic mass is 35.5. The summed E-state index contributed by atoms with van der Waals surface area (Å²) in [5, 5.41) is 9.53. The molecule has 0 saturated heterocycles. The molecule has 0 saturated carbocycles. The summed E-state index contributed by atoms with van der Waals surface area (Å²) in [5.74, 6) is 0. The summed E-state index contributed by atoms with van der Waals surface area (Å²) in [7, 11) is 1.54. The predicted octanol–water partition coefficient (Wildman–Crippen LogP) is 3.98. The zero-order valence-electron chi connectivity index (χ0n) is 11.4. The van der Waals surface area contributed by atoms with Crippen LogP contribution in [-0.4, -0.2) is 13.1 Å². The summed E-state index contributed by atoms with van der Waals surface area (Å²) in [6.07, 6.45) is -0.544. The first-order valence-electron chi connectivity index (χ1n) is 6.26. The van der Waals surface area contributed by atoms with Crippen LogP contribution in [0.25, 0.3) is 0 Å². The molecule has 2 aromatic rings. The van der Waals surface area contributed by atoms with Gasteiger partial charge in [0, 0.05) is 12.1 Å². The lowest BCUT2D eigenvalue weighted by atomic mass is 10.2. The van der Waals surface area contributed by atoms with Crippen molar-refractivity contribution in [1.82, 2.24) is 0 Å². The molecule has 21 heavy (non-hydrogen) atoms. The Morgan fingerprint density at radius 3 is 2.67 bits per heavy atom. The minimum Gasteiger partial charge on any atom is -0.444 e. The average molecular weight is 301 g/mol. The molecule has 0 unspecified atom stereocenters. The van der Waals surface area contributed by atoms with Crippen molar-refractivity contribution in [1.29, 1.82) is 5.26 Å². The van der Waals surface area contributed by atoms with Gasteiger partial charge in [0.25, 0.3) is 0 Å². The molecule has 1 amide bonds. The molecule has 2 rings (SSSR count). The third-order valence-corrected chi connectivity index (χ3v) is 3.16. The lowest BCUT2D eigenvalue weighted by Gasteiger charge is -2.18. The summed E-state index contributed by atoms with van der Waals surface area (Å²) < 4.78 is 5.22. The van der Waals surface area contributed by atoms with Crippen LogP contribution in [0.5, 0.6) is 0 Å². The number of nitrogens with zero attached hydrogens (tertiary/aromatic N) is 2. The minimum absolute atomic E-state index is 0.173. The van der Waals surface area contributed by atoms with Crippen LogP contribution in [0.2, 0.25) is 5.02 Å². The van der Waals surface area contributed by atoms with Gasteiger partial charge in [-0.2, -0.15) is 5.26 Å². The van der Waals surface area contributed by atoms with Gasteiger partial charge in [-0.15, -0.1) is 0 Å². The first-order chi connectivity index (χ1) is 10.1. The second-order valence-electron chi connectivity index (χ2n) is 4.37. The zero-order valence-corrected chi connectivity index (χ0v) is 12.2. The van der Waals surface area contributed by atoms with Crippen molar-refractivity contribution in [3.05, 3.63) is 64.7 Å². The number of anilines is 1. The molecule has 106 valence electrons. The molecule has 0 aliphatic heterocycles. The number of amides is 1. The number of carbonyl (C=O) groups excluding carboxylic acids is 1. The number of carbonyl (C=O) groups is 1. The van der Waals surface area contributed by atoms with Crippen molar-refractivity contribution in [3.63, 3.8) is 0 Å². The van der Waals surface area contributed by atoms with Gasteiger partial charge in [-0.05, 0) is 23.8 Å². The number of nitriles is 1. The Morgan fingerprint density at radius 1 is 1.29 bits per heavy atom. The number of benzene rings is 2. The number of hydrogen-bond acceptors (Lipinski definition) is 3. The fourth-order valence-electron chi connectivity index (χ4n) is 1.79. The van der Waals surface area contributed by atoms with Crippen LogP contribution in [0.4, 0.5) is 10.5 Å². The fourth-order valence-corrected chi connectivity index (χ4v) is 1.96. The molecule has 0 fully saturated rings. The molecule has 0 bridgehead atoms. The lowest BCUT2D eigenvalue weighted by molar-refractivity contribution is 0.148. The normalized spacial score (nSPS) is 9.76. The van der Waals surface area contributed by atoms with Crippen LogP contribution < -0.4 is 4.90 Å². The van der Waals surface area contributed by atoms with E-state index in [9.17, 15) is 4.79 Å². The van der Waals surface area contributed by atoms with Gasteiger partial charge in [-0.3, -0.25) is 4.90 Å².